The van der Waals surface area contributed by atoms with Crippen molar-refractivity contribution in [1.82, 2.24) is 0 Å². The number of hydrogen-bond acceptors (Lipinski definition) is 4. The van der Waals surface area contributed by atoms with E-state index < -0.39 is 17.2 Å². The minimum atomic E-state index is -1.68. The van der Waals surface area contributed by atoms with E-state index in [0.717, 1.165) is 4.47 Å². The highest BCUT2D eigenvalue weighted by atomic mass is 79.9. The van der Waals surface area contributed by atoms with Crippen LogP contribution in [0.1, 0.15) is 27.7 Å². The highest BCUT2D eigenvalue weighted by Crippen LogP contribution is 2.19. The molecule has 1 unspecified atom stereocenters. The number of rotatable bonds is 4. The lowest BCUT2D eigenvalue weighted by molar-refractivity contribution is -0.178. The summed E-state index contributed by atoms with van der Waals surface area (Å²) in [6, 6.07) is 7.12. The summed E-state index contributed by atoms with van der Waals surface area (Å²) in [7, 11) is 0. The van der Waals surface area contributed by atoms with Gasteiger partial charge >= 0.3 is 5.97 Å². The Morgan fingerprint density at radius 2 is 1.74 bits per heavy atom. The summed E-state index contributed by atoms with van der Waals surface area (Å²) in [4.78, 5) is 11.8. The second-order valence-electron chi connectivity index (χ2n) is 5.52. The molecule has 0 bridgehead atoms. The lowest BCUT2D eigenvalue weighted by Gasteiger charge is -2.27. The third kappa shape index (κ3) is 5.61. The first kappa shape index (κ1) is 16.0. The molecule has 0 fully saturated rings. The Kier molecular flexibility index (Phi) is 4.98. The molecule has 4 nitrogen and oxygen atoms in total. The summed E-state index contributed by atoms with van der Waals surface area (Å²) in [6.45, 7) is 6.45. The number of carbonyl (C=O) groups is 1. The topological polar surface area (TPSA) is 55.8 Å². The van der Waals surface area contributed by atoms with Gasteiger partial charge in [0.2, 0.25) is 0 Å². The van der Waals surface area contributed by atoms with Crippen LogP contribution in [-0.2, 0) is 9.53 Å². The van der Waals surface area contributed by atoms with Gasteiger partial charge in [0.1, 0.15) is 18.0 Å². The SMILES string of the molecule is CC(C)(C)OC(=O)C(C)(O)COc1ccc(Br)cc1. The van der Waals surface area contributed by atoms with Gasteiger partial charge in [-0.3, -0.25) is 0 Å². The van der Waals surface area contributed by atoms with Crippen molar-refractivity contribution in [3.05, 3.63) is 28.7 Å². The maximum Gasteiger partial charge on any atom is 0.341 e. The van der Waals surface area contributed by atoms with E-state index in [0.29, 0.717) is 5.75 Å². The van der Waals surface area contributed by atoms with Crippen LogP contribution in [0, 0.1) is 0 Å². The second kappa shape index (κ2) is 5.92. The number of hydrogen-bond donors (Lipinski definition) is 1. The summed E-state index contributed by atoms with van der Waals surface area (Å²) < 4.78 is 11.5. The molecule has 1 atom stereocenters. The quantitative estimate of drug-likeness (QED) is 0.862. The largest absolute Gasteiger partial charge is 0.490 e. The molecule has 1 aromatic rings. The highest BCUT2D eigenvalue weighted by Gasteiger charge is 2.35. The molecule has 0 saturated carbocycles. The van der Waals surface area contributed by atoms with Gasteiger partial charge < -0.3 is 14.6 Å². The van der Waals surface area contributed by atoms with E-state index in [1.54, 1.807) is 32.9 Å². The number of esters is 1. The van der Waals surface area contributed by atoms with Crippen molar-refractivity contribution in [2.45, 2.75) is 38.9 Å². The number of ether oxygens (including phenoxy) is 2. The average molecular weight is 331 g/mol. The molecule has 106 valence electrons. The normalized spacial score (nSPS) is 14.6. The zero-order valence-electron chi connectivity index (χ0n) is 11.6. The Hall–Kier alpha value is -1.07. The maximum atomic E-state index is 11.8. The molecule has 0 spiro atoms. The Bertz CT molecular complexity index is 432. The van der Waals surface area contributed by atoms with Crippen LogP contribution in [0.2, 0.25) is 0 Å². The van der Waals surface area contributed by atoms with Crippen LogP contribution in [0.25, 0.3) is 0 Å². The van der Waals surface area contributed by atoms with Crippen LogP contribution in [0.3, 0.4) is 0 Å². The maximum absolute atomic E-state index is 11.8. The van der Waals surface area contributed by atoms with Crippen molar-refractivity contribution in [2.24, 2.45) is 0 Å². The smallest absolute Gasteiger partial charge is 0.341 e. The van der Waals surface area contributed by atoms with E-state index in [1.807, 2.05) is 12.1 Å². The summed E-state index contributed by atoms with van der Waals surface area (Å²) >= 11 is 3.31. The Morgan fingerprint density at radius 1 is 1.21 bits per heavy atom. The van der Waals surface area contributed by atoms with E-state index in [9.17, 15) is 9.90 Å². The summed E-state index contributed by atoms with van der Waals surface area (Å²) in [6.07, 6.45) is 0. The predicted molar refractivity (Wildman–Crippen MR) is 76.1 cm³/mol. The van der Waals surface area contributed by atoms with Crippen molar-refractivity contribution >= 4 is 21.9 Å². The van der Waals surface area contributed by atoms with Gasteiger partial charge in [0.25, 0.3) is 0 Å². The predicted octanol–water partition coefficient (Wildman–Crippen LogP) is 2.92. The molecule has 19 heavy (non-hydrogen) atoms. The van der Waals surface area contributed by atoms with Gasteiger partial charge in [-0.2, -0.15) is 0 Å². The van der Waals surface area contributed by atoms with Gasteiger partial charge in [-0.05, 0) is 52.0 Å². The zero-order valence-corrected chi connectivity index (χ0v) is 13.2. The fourth-order valence-corrected chi connectivity index (χ4v) is 1.47. The third-order valence-corrected chi connectivity index (χ3v) is 2.70. The molecule has 1 aromatic carbocycles. The van der Waals surface area contributed by atoms with E-state index in [-0.39, 0.29) is 6.61 Å². The molecule has 5 heteroatoms. The van der Waals surface area contributed by atoms with Gasteiger partial charge in [0.15, 0.2) is 5.60 Å². The Morgan fingerprint density at radius 3 is 2.21 bits per heavy atom. The first-order chi connectivity index (χ1) is 8.60. The van der Waals surface area contributed by atoms with Crippen molar-refractivity contribution in [3.63, 3.8) is 0 Å². The number of aliphatic hydroxyl groups is 1. The molecule has 0 amide bonds. The third-order valence-electron chi connectivity index (χ3n) is 2.17. The summed E-state index contributed by atoms with van der Waals surface area (Å²) in [5.41, 5.74) is -2.32. The molecule has 0 radical (unpaired) electrons. The Labute approximate surface area is 121 Å². The second-order valence-corrected chi connectivity index (χ2v) is 6.43. The molecule has 0 saturated heterocycles. The number of halogens is 1. The van der Waals surface area contributed by atoms with Gasteiger partial charge in [0, 0.05) is 4.47 Å². The molecule has 0 heterocycles. The monoisotopic (exact) mass is 330 g/mol. The molecular formula is C14H19BrO4. The molecule has 1 N–H and O–H groups in total. The van der Waals surface area contributed by atoms with Gasteiger partial charge in [-0.1, -0.05) is 15.9 Å². The van der Waals surface area contributed by atoms with Crippen molar-refractivity contribution in [2.75, 3.05) is 6.61 Å². The fourth-order valence-electron chi connectivity index (χ4n) is 1.20. The molecule has 0 aliphatic heterocycles. The van der Waals surface area contributed by atoms with Crippen LogP contribution in [0.5, 0.6) is 5.75 Å². The van der Waals surface area contributed by atoms with Crippen LogP contribution < -0.4 is 4.74 Å². The number of benzene rings is 1. The van der Waals surface area contributed by atoms with Crippen LogP contribution >= 0.6 is 15.9 Å². The lowest BCUT2D eigenvalue weighted by Crippen LogP contribution is -2.45. The van der Waals surface area contributed by atoms with Crippen molar-refractivity contribution in [1.29, 1.82) is 0 Å². The standard InChI is InChI=1S/C14H19BrO4/c1-13(2,3)19-12(16)14(4,17)9-18-11-7-5-10(15)6-8-11/h5-8,17H,9H2,1-4H3. The highest BCUT2D eigenvalue weighted by molar-refractivity contribution is 9.10. The minimum absolute atomic E-state index is 0.163. The zero-order chi connectivity index (χ0) is 14.7. The van der Waals surface area contributed by atoms with Crippen LogP contribution in [0.4, 0.5) is 0 Å². The first-order valence-corrected chi connectivity index (χ1v) is 6.74. The molecule has 0 aliphatic rings. The van der Waals surface area contributed by atoms with Crippen LogP contribution in [-0.4, -0.2) is 28.9 Å². The van der Waals surface area contributed by atoms with Crippen molar-refractivity contribution in [3.8, 4) is 5.75 Å². The molecule has 0 aliphatic carbocycles. The minimum Gasteiger partial charge on any atom is -0.490 e. The first-order valence-electron chi connectivity index (χ1n) is 5.94. The van der Waals surface area contributed by atoms with E-state index in [4.69, 9.17) is 9.47 Å². The molecular weight excluding hydrogens is 312 g/mol. The van der Waals surface area contributed by atoms with Gasteiger partial charge in [-0.25, -0.2) is 4.79 Å². The van der Waals surface area contributed by atoms with E-state index in [1.165, 1.54) is 6.92 Å². The van der Waals surface area contributed by atoms with Gasteiger partial charge in [0.05, 0.1) is 0 Å². The fraction of sp³-hybridized carbons (Fsp3) is 0.500. The lowest BCUT2D eigenvalue weighted by atomic mass is 10.1. The Balaban J connectivity index is 2.59. The molecule has 1 rings (SSSR count). The average Bonchev–Trinajstić information content (AvgIpc) is 2.26. The van der Waals surface area contributed by atoms with Gasteiger partial charge in [-0.15, -0.1) is 0 Å². The summed E-state index contributed by atoms with van der Waals surface area (Å²) in [5.74, 6) is -0.121. The molecule has 0 aromatic heterocycles. The van der Waals surface area contributed by atoms with E-state index in [2.05, 4.69) is 15.9 Å². The van der Waals surface area contributed by atoms with E-state index >= 15 is 0 Å². The van der Waals surface area contributed by atoms with Crippen molar-refractivity contribution < 1.29 is 19.4 Å². The number of carbonyl (C=O) groups excluding carboxylic acids is 1. The summed E-state index contributed by atoms with van der Waals surface area (Å²) in [5, 5.41) is 10.1. The van der Waals surface area contributed by atoms with Crippen LogP contribution in [0.15, 0.2) is 28.7 Å².